The molecule has 0 aromatic rings. The van der Waals surface area contributed by atoms with Gasteiger partial charge in [-0.3, -0.25) is 5.43 Å². The molecule has 8 nitrogen and oxygen atoms in total. The maximum Gasteiger partial charge on any atom is 0.422 e. The van der Waals surface area contributed by atoms with Gasteiger partial charge in [0.2, 0.25) is 0 Å². The van der Waals surface area contributed by atoms with Gasteiger partial charge in [-0.2, -0.15) is 0 Å². The van der Waals surface area contributed by atoms with Crippen LogP contribution in [0.15, 0.2) is 0 Å². The first-order valence-electron chi connectivity index (χ1n) is 8.13. The number of ether oxygens (including phenoxy) is 3. The molecule has 0 spiro atoms. The molecule has 0 saturated heterocycles. The van der Waals surface area contributed by atoms with Crippen LogP contribution in [0.4, 0.5) is 9.59 Å². The fraction of sp³-hybridized carbons (Fsp3) is 0.875. The Morgan fingerprint density at radius 2 is 1.50 bits per heavy atom. The van der Waals surface area contributed by atoms with E-state index in [0.717, 1.165) is 0 Å². The Bertz CT molecular complexity index is 388. The number of nitrogens with one attached hydrogen (secondary N) is 3. The quantitative estimate of drug-likeness (QED) is 0.460. The fourth-order valence-corrected chi connectivity index (χ4v) is 1.72. The molecule has 0 heterocycles. The van der Waals surface area contributed by atoms with Crippen LogP contribution in [0.5, 0.6) is 0 Å². The highest BCUT2D eigenvalue weighted by Crippen LogP contribution is 2.07. The lowest BCUT2D eigenvalue weighted by Crippen LogP contribution is -2.48. The summed E-state index contributed by atoms with van der Waals surface area (Å²) in [6, 6.07) is -0.0945. The topological polar surface area (TPSA) is 97.9 Å². The SMILES string of the molecule is COCC(CCCNC(=O)OC(C)(C)C)NNC(=O)OC(C)(C)C. The predicted octanol–water partition coefficient (Wildman–Crippen LogP) is 2.34. The number of hydrogen-bond acceptors (Lipinski definition) is 6. The second kappa shape index (κ2) is 10.4. The highest BCUT2D eigenvalue weighted by atomic mass is 16.6. The molecule has 0 radical (unpaired) electrons. The maximum atomic E-state index is 11.6. The highest BCUT2D eigenvalue weighted by molar-refractivity contribution is 5.67. The van der Waals surface area contributed by atoms with Gasteiger partial charge in [0.1, 0.15) is 11.2 Å². The molecule has 8 heteroatoms. The van der Waals surface area contributed by atoms with Gasteiger partial charge in [0.05, 0.1) is 6.61 Å². The largest absolute Gasteiger partial charge is 0.444 e. The summed E-state index contributed by atoms with van der Waals surface area (Å²) in [5.41, 5.74) is 4.31. The Balaban J connectivity index is 4.04. The number of amides is 2. The summed E-state index contributed by atoms with van der Waals surface area (Å²) in [4.78, 5) is 23.1. The molecule has 142 valence electrons. The average molecular weight is 347 g/mol. The number of alkyl carbamates (subject to hydrolysis) is 1. The molecule has 0 saturated carbocycles. The van der Waals surface area contributed by atoms with Crippen molar-refractivity contribution < 1.29 is 23.8 Å². The van der Waals surface area contributed by atoms with E-state index in [9.17, 15) is 9.59 Å². The van der Waals surface area contributed by atoms with E-state index in [0.29, 0.717) is 26.0 Å². The molecular weight excluding hydrogens is 314 g/mol. The Kier molecular flexibility index (Phi) is 9.69. The predicted molar refractivity (Wildman–Crippen MR) is 91.6 cm³/mol. The molecule has 0 fully saturated rings. The van der Waals surface area contributed by atoms with Gasteiger partial charge >= 0.3 is 12.2 Å². The third-order valence-corrected chi connectivity index (χ3v) is 2.54. The number of carbonyl (C=O) groups is 2. The zero-order chi connectivity index (χ0) is 18.8. The molecule has 0 aliphatic carbocycles. The van der Waals surface area contributed by atoms with Crippen molar-refractivity contribution >= 4 is 12.2 Å². The molecule has 0 aliphatic rings. The van der Waals surface area contributed by atoms with Crippen LogP contribution in [0, 0.1) is 0 Å². The summed E-state index contributed by atoms with van der Waals surface area (Å²) in [7, 11) is 1.58. The third kappa shape index (κ3) is 14.1. The van der Waals surface area contributed by atoms with Crippen LogP contribution < -0.4 is 16.2 Å². The number of hydrazine groups is 1. The Labute approximate surface area is 144 Å². The molecular formula is C16H33N3O5. The van der Waals surface area contributed by atoms with E-state index in [4.69, 9.17) is 14.2 Å². The summed E-state index contributed by atoms with van der Waals surface area (Å²) >= 11 is 0. The Morgan fingerprint density at radius 1 is 0.958 bits per heavy atom. The van der Waals surface area contributed by atoms with Crippen molar-refractivity contribution in [3.63, 3.8) is 0 Å². The molecule has 1 unspecified atom stereocenters. The van der Waals surface area contributed by atoms with Crippen molar-refractivity contribution in [1.29, 1.82) is 0 Å². The molecule has 0 rings (SSSR count). The van der Waals surface area contributed by atoms with Crippen molar-refractivity contribution in [2.45, 2.75) is 71.6 Å². The standard InChI is InChI=1S/C16H33N3O5/c1-15(2,3)23-13(20)17-10-8-9-12(11-22-7)18-19-14(21)24-16(4,5)6/h12,18H,8-11H2,1-7H3,(H,17,20)(H,19,21). The van der Waals surface area contributed by atoms with Crippen molar-refractivity contribution in [2.75, 3.05) is 20.3 Å². The number of methoxy groups -OCH3 is 1. The van der Waals surface area contributed by atoms with E-state index in [1.165, 1.54) is 0 Å². The zero-order valence-electron chi connectivity index (χ0n) is 15.9. The van der Waals surface area contributed by atoms with E-state index in [-0.39, 0.29) is 6.04 Å². The molecule has 3 N–H and O–H groups in total. The minimum absolute atomic E-state index is 0.0945. The second-order valence-corrected chi connectivity index (χ2v) is 7.49. The molecule has 0 aromatic carbocycles. The smallest absolute Gasteiger partial charge is 0.422 e. The number of carbonyl (C=O) groups excluding carboxylic acids is 2. The minimum atomic E-state index is -0.556. The van der Waals surface area contributed by atoms with E-state index < -0.39 is 23.4 Å². The van der Waals surface area contributed by atoms with Crippen LogP contribution in [-0.4, -0.2) is 49.7 Å². The van der Waals surface area contributed by atoms with Gasteiger partial charge < -0.3 is 19.5 Å². The van der Waals surface area contributed by atoms with Crippen LogP contribution in [0.25, 0.3) is 0 Å². The summed E-state index contributed by atoms with van der Waals surface area (Å²) in [6.45, 7) is 11.7. The van der Waals surface area contributed by atoms with Gasteiger partial charge in [0, 0.05) is 19.7 Å². The first-order valence-corrected chi connectivity index (χ1v) is 8.13. The molecule has 2 amide bonds. The summed E-state index contributed by atoms with van der Waals surface area (Å²) in [6.07, 6.45) is 0.413. The van der Waals surface area contributed by atoms with Crippen molar-refractivity contribution in [2.24, 2.45) is 0 Å². The van der Waals surface area contributed by atoms with Crippen LogP contribution in [0.2, 0.25) is 0 Å². The molecule has 0 aromatic heterocycles. The molecule has 0 aliphatic heterocycles. The lowest BCUT2D eigenvalue weighted by molar-refractivity contribution is 0.0469. The first-order chi connectivity index (χ1) is 10.9. The van der Waals surface area contributed by atoms with Gasteiger partial charge in [-0.25, -0.2) is 15.0 Å². The molecule has 1 atom stereocenters. The van der Waals surface area contributed by atoms with Crippen LogP contribution in [-0.2, 0) is 14.2 Å². The van der Waals surface area contributed by atoms with E-state index >= 15 is 0 Å². The normalized spacial score (nSPS) is 13.1. The van der Waals surface area contributed by atoms with Gasteiger partial charge in [-0.05, 0) is 54.4 Å². The average Bonchev–Trinajstić information content (AvgIpc) is 2.36. The van der Waals surface area contributed by atoms with Gasteiger partial charge in [-0.15, -0.1) is 0 Å². The second-order valence-electron chi connectivity index (χ2n) is 7.49. The van der Waals surface area contributed by atoms with Gasteiger partial charge in [-0.1, -0.05) is 0 Å². The van der Waals surface area contributed by atoms with Gasteiger partial charge in [0.15, 0.2) is 0 Å². The van der Waals surface area contributed by atoms with Crippen LogP contribution >= 0.6 is 0 Å². The number of hydrogen-bond donors (Lipinski definition) is 3. The van der Waals surface area contributed by atoms with Gasteiger partial charge in [0.25, 0.3) is 0 Å². The Morgan fingerprint density at radius 3 is 2.00 bits per heavy atom. The van der Waals surface area contributed by atoms with E-state index in [1.54, 1.807) is 27.9 Å². The zero-order valence-corrected chi connectivity index (χ0v) is 15.9. The third-order valence-electron chi connectivity index (χ3n) is 2.54. The maximum absolute atomic E-state index is 11.6. The Hall–Kier alpha value is -1.54. The lowest BCUT2D eigenvalue weighted by Gasteiger charge is -2.23. The van der Waals surface area contributed by atoms with Crippen molar-refractivity contribution in [3.05, 3.63) is 0 Å². The molecule has 0 bridgehead atoms. The first kappa shape index (κ1) is 22.5. The monoisotopic (exact) mass is 347 g/mol. The van der Waals surface area contributed by atoms with Crippen molar-refractivity contribution in [1.82, 2.24) is 16.2 Å². The highest BCUT2D eigenvalue weighted by Gasteiger charge is 2.18. The minimum Gasteiger partial charge on any atom is -0.444 e. The van der Waals surface area contributed by atoms with Crippen molar-refractivity contribution in [3.8, 4) is 0 Å². The lowest BCUT2D eigenvalue weighted by atomic mass is 10.2. The summed E-state index contributed by atoms with van der Waals surface area (Å²) in [5, 5.41) is 2.69. The van der Waals surface area contributed by atoms with E-state index in [2.05, 4.69) is 16.2 Å². The van der Waals surface area contributed by atoms with E-state index in [1.807, 2.05) is 20.8 Å². The van der Waals surface area contributed by atoms with Crippen LogP contribution in [0.1, 0.15) is 54.4 Å². The summed E-state index contributed by atoms with van der Waals surface area (Å²) < 4.78 is 15.4. The molecule has 24 heavy (non-hydrogen) atoms. The number of rotatable bonds is 8. The fourth-order valence-electron chi connectivity index (χ4n) is 1.72. The van der Waals surface area contributed by atoms with Crippen LogP contribution in [0.3, 0.4) is 0 Å². The summed E-state index contributed by atoms with van der Waals surface area (Å²) in [5.74, 6) is 0.